The highest BCUT2D eigenvalue weighted by Gasteiger charge is 2.16. The lowest BCUT2D eigenvalue weighted by molar-refractivity contribution is -0.117. The van der Waals surface area contributed by atoms with E-state index in [0.717, 1.165) is 0 Å². The molecule has 15 heavy (non-hydrogen) atoms. The molecular formula is C12H13ClO2. The average Bonchev–Trinajstić information content (AvgIpc) is 2.17. The molecule has 0 aliphatic heterocycles. The molecule has 2 nitrogen and oxygen atoms in total. The van der Waals surface area contributed by atoms with Gasteiger partial charge < -0.3 is 4.79 Å². The molecule has 0 spiro atoms. The summed E-state index contributed by atoms with van der Waals surface area (Å²) in [6.45, 7) is 3.25. The van der Waals surface area contributed by atoms with Crippen LogP contribution in [-0.2, 0) is 4.79 Å². The standard InChI is InChI=1S/C12H13ClO2/c1-8(7-9(2)14)12(15)10-3-5-11(13)6-4-10/h3-6,8H,7H2,1-2H3. The van der Waals surface area contributed by atoms with Crippen molar-refractivity contribution in [2.75, 3.05) is 0 Å². The van der Waals surface area contributed by atoms with E-state index in [9.17, 15) is 9.59 Å². The van der Waals surface area contributed by atoms with E-state index in [1.54, 1.807) is 31.2 Å². The van der Waals surface area contributed by atoms with Gasteiger partial charge in [-0.3, -0.25) is 4.79 Å². The molecule has 80 valence electrons. The number of carbonyl (C=O) groups is 2. The van der Waals surface area contributed by atoms with Gasteiger partial charge in [0, 0.05) is 22.9 Å². The van der Waals surface area contributed by atoms with Crippen molar-refractivity contribution in [2.45, 2.75) is 20.3 Å². The summed E-state index contributed by atoms with van der Waals surface area (Å²) < 4.78 is 0. The Hall–Kier alpha value is -1.15. The molecule has 1 aromatic carbocycles. The Balaban J connectivity index is 2.76. The van der Waals surface area contributed by atoms with Crippen molar-refractivity contribution >= 4 is 23.2 Å². The molecule has 0 amide bonds. The predicted octanol–water partition coefficient (Wildman–Crippen LogP) is 3.14. The molecule has 0 saturated carbocycles. The summed E-state index contributed by atoms with van der Waals surface area (Å²) in [4.78, 5) is 22.7. The summed E-state index contributed by atoms with van der Waals surface area (Å²) in [7, 11) is 0. The van der Waals surface area contributed by atoms with Crippen molar-refractivity contribution in [3.05, 3.63) is 34.9 Å². The highest BCUT2D eigenvalue weighted by atomic mass is 35.5. The second-order valence-corrected chi connectivity index (χ2v) is 4.11. The van der Waals surface area contributed by atoms with Gasteiger partial charge in [0.15, 0.2) is 5.78 Å². The minimum atomic E-state index is -0.260. The molecule has 0 fully saturated rings. The van der Waals surface area contributed by atoms with Crippen LogP contribution in [0.15, 0.2) is 24.3 Å². The molecule has 3 heteroatoms. The van der Waals surface area contributed by atoms with E-state index in [1.807, 2.05) is 0 Å². The van der Waals surface area contributed by atoms with E-state index < -0.39 is 0 Å². The number of hydrogen-bond donors (Lipinski definition) is 0. The molecular weight excluding hydrogens is 212 g/mol. The summed E-state index contributed by atoms with van der Waals surface area (Å²) in [6.07, 6.45) is 0.293. The minimum Gasteiger partial charge on any atom is -0.300 e. The second kappa shape index (κ2) is 5.08. The largest absolute Gasteiger partial charge is 0.300 e. The molecule has 0 aromatic heterocycles. The fourth-order valence-corrected chi connectivity index (χ4v) is 1.55. The number of carbonyl (C=O) groups excluding carboxylic acids is 2. The monoisotopic (exact) mass is 224 g/mol. The number of rotatable bonds is 4. The normalized spacial score (nSPS) is 12.2. The molecule has 0 saturated heterocycles. The number of Topliss-reactive ketones (excluding diaryl/α,β-unsaturated/α-hetero) is 2. The first kappa shape index (κ1) is 11.9. The minimum absolute atomic E-state index is 0.0122. The SMILES string of the molecule is CC(=O)CC(C)C(=O)c1ccc(Cl)cc1. The van der Waals surface area contributed by atoms with Gasteiger partial charge in [0.05, 0.1) is 0 Å². The molecule has 0 aliphatic carbocycles. The molecule has 0 aliphatic rings. The van der Waals surface area contributed by atoms with Crippen LogP contribution >= 0.6 is 11.6 Å². The highest BCUT2D eigenvalue weighted by molar-refractivity contribution is 6.30. The van der Waals surface area contributed by atoms with E-state index in [2.05, 4.69) is 0 Å². The van der Waals surface area contributed by atoms with Crippen molar-refractivity contribution in [3.8, 4) is 0 Å². The van der Waals surface area contributed by atoms with Gasteiger partial charge in [-0.1, -0.05) is 18.5 Å². The van der Waals surface area contributed by atoms with Crippen LogP contribution in [0.2, 0.25) is 5.02 Å². The Morgan fingerprint density at radius 3 is 2.27 bits per heavy atom. The van der Waals surface area contributed by atoms with Crippen molar-refractivity contribution in [2.24, 2.45) is 5.92 Å². The maximum Gasteiger partial charge on any atom is 0.166 e. The number of hydrogen-bond acceptors (Lipinski definition) is 2. The first-order valence-electron chi connectivity index (χ1n) is 4.80. The molecule has 0 radical (unpaired) electrons. The van der Waals surface area contributed by atoms with Crippen LogP contribution in [0, 0.1) is 5.92 Å². The van der Waals surface area contributed by atoms with Gasteiger partial charge in [0.25, 0.3) is 0 Å². The van der Waals surface area contributed by atoms with E-state index in [4.69, 9.17) is 11.6 Å². The van der Waals surface area contributed by atoms with E-state index in [0.29, 0.717) is 17.0 Å². The fourth-order valence-electron chi connectivity index (χ4n) is 1.42. The summed E-state index contributed by atoms with van der Waals surface area (Å²) in [5.74, 6) is -0.240. The summed E-state index contributed by atoms with van der Waals surface area (Å²) in [6, 6.07) is 6.72. The predicted molar refractivity (Wildman–Crippen MR) is 60.2 cm³/mol. The third-order valence-corrected chi connectivity index (χ3v) is 2.42. The number of halogens is 1. The number of ketones is 2. The summed E-state index contributed by atoms with van der Waals surface area (Å²) >= 11 is 5.71. The molecule has 1 rings (SSSR count). The Bertz CT molecular complexity index is 368. The van der Waals surface area contributed by atoms with Gasteiger partial charge in [-0.2, -0.15) is 0 Å². The van der Waals surface area contributed by atoms with Crippen molar-refractivity contribution in [3.63, 3.8) is 0 Å². The van der Waals surface area contributed by atoms with Gasteiger partial charge in [-0.05, 0) is 31.2 Å². The lowest BCUT2D eigenvalue weighted by atomic mass is 9.95. The summed E-state index contributed by atoms with van der Waals surface area (Å²) in [5, 5.41) is 0.603. The molecule has 0 heterocycles. The van der Waals surface area contributed by atoms with Crippen molar-refractivity contribution in [1.29, 1.82) is 0 Å². The van der Waals surface area contributed by atoms with Crippen LogP contribution < -0.4 is 0 Å². The van der Waals surface area contributed by atoms with Gasteiger partial charge >= 0.3 is 0 Å². The van der Waals surface area contributed by atoms with Crippen LogP contribution in [0.3, 0.4) is 0 Å². The second-order valence-electron chi connectivity index (χ2n) is 3.68. The Morgan fingerprint density at radius 1 is 1.27 bits per heavy atom. The Labute approximate surface area is 94.2 Å². The van der Waals surface area contributed by atoms with Crippen LogP contribution in [0.5, 0.6) is 0 Å². The van der Waals surface area contributed by atoms with E-state index >= 15 is 0 Å². The van der Waals surface area contributed by atoms with Crippen LogP contribution in [0.4, 0.5) is 0 Å². The van der Waals surface area contributed by atoms with Crippen LogP contribution in [0.25, 0.3) is 0 Å². The lowest BCUT2D eigenvalue weighted by Crippen LogP contribution is -2.14. The molecule has 1 aromatic rings. The van der Waals surface area contributed by atoms with E-state index in [1.165, 1.54) is 6.92 Å². The third-order valence-electron chi connectivity index (χ3n) is 2.17. The fraction of sp³-hybridized carbons (Fsp3) is 0.333. The van der Waals surface area contributed by atoms with Gasteiger partial charge in [-0.15, -0.1) is 0 Å². The van der Waals surface area contributed by atoms with Gasteiger partial charge in [0.2, 0.25) is 0 Å². The van der Waals surface area contributed by atoms with Gasteiger partial charge in [-0.25, -0.2) is 0 Å². The molecule has 0 N–H and O–H groups in total. The quantitative estimate of drug-likeness (QED) is 0.737. The smallest absolute Gasteiger partial charge is 0.166 e. The maximum absolute atomic E-state index is 11.8. The van der Waals surface area contributed by atoms with Crippen molar-refractivity contribution < 1.29 is 9.59 Å². The van der Waals surface area contributed by atoms with Gasteiger partial charge in [0.1, 0.15) is 5.78 Å². The zero-order valence-corrected chi connectivity index (χ0v) is 9.54. The first-order valence-corrected chi connectivity index (χ1v) is 5.17. The Morgan fingerprint density at radius 2 is 1.80 bits per heavy atom. The molecule has 1 unspecified atom stereocenters. The zero-order chi connectivity index (χ0) is 11.4. The molecule has 1 atom stereocenters. The summed E-state index contributed by atoms with van der Waals surface area (Å²) in [5.41, 5.74) is 0.605. The number of benzene rings is 1. The van der Waals surface area contributed by atoms with Crippen molar-refractivity contribution in [1.82, 2.24) is 0 Å². The average molecular weight is 225 g/mol. The topological polar surface area (TPSA) is 34.1 Å². The van der Waals surface area contributed by atoms with E-state index in [-0.39, 0.29) is 17.5 Å². The van der Waals surface area contributed by atoms with Crippen LogP contribution in [0.1, 0.15) is 30.6 Å². The maximum atomic E-state index is 11.8. The zero-order valence-electron chi connectivity index (χ0n) is 8.79. The lowest BCUT2D eigenvalue weighted by Gasteiger charge is -2.07. The van der Waals surface area contributed by atoms with Crippen LogP contribution in [-0.4, -0.2) is 11.6 Å². The highest BCUT2D eigenvalue weighted by Crippen LogP contribution is 2.15. The molecule has 0 bridgehead atoms. The first-order chi connectivity index (χ1) is 7.00. The third kappa shape index (κ3) is 3.48. The Kier molecular flexibility index (Phi) is 4.04.